The molecule has 0 amide bonds. The quantitative estimate of drug-likeness (QED) is 0.812. The summed E-state index contributed by atoms with van der Waals surface area (Å²) in [5.74, 6) is 0.738. The fourth-order valence-electron chi connectivity index (χ4n) is 1.45. The molecule has 0 saturated heterocycles. The maximum absolute atomic E-state index is 10.00. The van der Waals surface area contributed by atoms with Gasteiger partial charge >= 0.3 is 0 Å². The lowest BCUT2D eigenvalue weighted by Crippen LogP contribution is -2.01. The first-order valence-corrected chi connectivity index (χ1v) is 5.07. The van der Waals surface area contributed by atoms with Crippen molar-refractivity contribution in [3.05, 3.63) is 41.7 Å². The number of aromatic amines is 1. The average Bonchev–Trinajstić information content (AvgIpc) is 2.82. The van der Waals surface area contributed by atoms with Gasteiger partial charge in [0.1, 0.15) is 17.5 Å². The zero-order chi connectivity index (χ0) is 11.4. The van der Waals surface area contributed by atoms with Crippen molar-refractivity contribution in [1.82, 2.24) is 15.4 Å². The second-order valence-electron chi connectivity index (χ2n) is 3.30. The Bertz CT molecular complexity index is 442. The maximum atomic E-state index is 10.00. The van der Waals surface area contributed by atoms with Gasteiger partial charge in [0.05, 0.1) is 12.8 Å². The number of H-pyrrole nitrogens is 1. The Morgan fingerprint density at radius 2 is 2.38 bits per heavy atom. The van der Waals surface area contributed by atoms with Gasteiger partial charge in [-0.2, -0.15) is 15.4 Å². The summed E-state index contributed by atoms with van der Waals surface area (Å²) in [7, 11) is 0. The van der Waals surface area contributed by atoms with Crippen molar-refractivity contribution in [2.24, 2.45) is 0 Å². The third-order valence-corrected chi connectivity index (χ3v) is 2.20. The molecule has 0 spiro atoms. The van der Waals surface area contributed by atoms with Crippen LogP contribution >= 0.6 is 0 Å². The topological polar surface area (TPSA) is 71.0 Å². The van der Waals surface area contributed by atoms with E-state index in [0.717, 1.165) is 11.3 Å². The fourth-order valence-corrected chi connectivity index (χ4v) is 1.45. The monoisotopic (exact) mass is 219 g/mol. The van der Waals surface area contributed by atoms with Crippen molar-refractivity contribution in [2.75, 3.05) is 6.61 Å². The van der Waals surface area contributed by atoms with Gasteiger partial charge in [-0.1, -0.05) is 12.1 Å². The highest BCUT2D eigenvalue weighted by Crippen LogP contribution is 2.23. The van der Waals surface area contributed by atoms with E-state index in [-0.39, 0.29) is 0 Å². The highest BCUT2D eigenvalue weighted by Gasteiger charge is 2.13. The minimum absolute atomic E-state index is 0.494. The number of nitrogens with zero attached hydrogens (tertiary/aromatic N) is 2. The van der Waals surface area contributed by atoms with E-state index in [0.29, 0.717) is 12.3 Å². The van der Waals surface area contributed by atoms with Gasteiger partial charge < -0.3 is 9.84 Å². The van der Waals surface area contributed by atoms with Crippen LogP contribution in [0.15, 0.2) is 30.5 Å². The molecule has 0 aliphatic rings. The molecule has 84 valence electrons. The van der Waals surface area contributed by atoms with Gasteiger partial charge in [-0.15, -0.1) is 0 Å². The predicted octanol–water partition coefficient (Wildman–Crippen LogP) is 1.29. The summed E-state index contributed by atoms with van der Waals surface area (Å²) >= 11 is 0. The minimum atomic E-state index is -0.779. The highest BCUT2D eigenvalue weighted by molar-refractivity contribution is 5.32. The molecule has 2 aromatic rings. The van der Waals surface area contributed by atoms with Crippen LogP contribution in [-0.2, 0) is 0 Å². The number of ether oxygens (including phenoxy) is 1. The molecule has 0 saturated carbocycles. The first-order chi connectivity index (χ1) is 7.81. The third kappa shape index (κ3) is 2.20. The van der Waals surface area contributed by atoms with Crippen LogP contribution in [0.5, 0.6) is 5.75 Å². The van der Waals surface area contributed by atoms with Crippen LogP contribution in [0.25, 0.3) is 0 Å². The van der Waals surface area contributed by atoms with Gasteiger partial charge in [0, 0.05) is 0 Å². The molecule has 2 rings (SSSR count). The molecule has 0 radical (unpaired) electrons. The Labute approximate surface area is 93.1 Å². The number of aliphatic hydroxyl groups is 1. The number of benzene rings is 1. The van der Waals surface area contributed by atoms with Crippen molar-refractivity contribution in [1.29, 1.82) is 0 Å². The number of nitrogens with one attached hydrogen (secondary N) is 1. The zero-order valence-electron chi connectivity index (χ0n) is 8.92. The van der Waals surface area contributed by atoms with Crippen molar-refractivity contribution in [3.63, 3.8) is 0 Å². The molecule has 1 heterocycles. The van der Waals surface area contributed by atoms with Crippen molar-refractivity contribution in [2.45, 2.75) is 13.0 Å². The molecule has 1 aromatic heterocycles. The minimum Gasteiger partial charge on any atom is -0.494 e. The molecular weight excluding hydrogens is 206 g/mol. The van der Waals surface area contributed by atoms with E-state index in [9.17, 15) is 5.11 Å². The Kier molecular flexibility index (Phi) is 3.16. The lowest BCUT2D eigenvalue weighted by molar-refractivity contribution is 0.214. The van der Waals surface area contributed by atoms with E-state index in [1.165, 1.54) is 6.20 Å². The van der Waals surface area contributed by atoms with E-state index < -0.39 is 6.10 Å². The van der Waals surface area contributed by atoms with Crippen molar-refractivity contribution >= 4 is 0 Å². The van der Waals surface area contributed by atoms with E-state index in [4.69, 9.17) is 4.74 Å². The molecule has 2 N–H and O–H groups in total. The maximum Gasteiger partial charge on any atom is 0.125 e. The van der Waals surface area contributed by atoms with E-state index in [1.54, 1.807) is 6.07 Å². The van der Waals surface area contributed by atoms with Crippen LogP contribution in [0, 0.1) is 0 Å². The van der Waals surface area contributed by atoms with Crippen LogP contribution in [-0.4, -0.2) is 27.1 Å². The zero-order valence-corrected chi connectivity index (χ0v) is 8.92. The van der Waals surface area contributed by atoms with E-state index >= 15 is 0 Å². The molecule has 0 fully saturated rings. The molecule has 16 heavy (non-hydrogen) atoms. The van der Waals surface area contributed by atoms with Crippen LogP contribution in [0.3, 0.4) is 0 Å². The molecule has 0 bridgehead atoms. The van der Waals surface area contributed by atoms with Crippen LogP contribution in [0.4, 0.5) is 0 Å². The summed E-state index contributed by atoms with van der Waals surface area (Å²) in [4.78, 5) is 0. The fraction of sp³-hybridized carbons (Fsp3) is 0.273. The molecule has 1 unspecified atom stereocenters. The Morgan fingerprint density at radius 3 is 3.06 bits per heavy atom. The van der Waals surface area contributed by atoms with Crippen LogP contribution in [0.2, 0.25) is 0 Å². The summed E-state index contributed by atoms with van der Waals surface area (Å²) in [5.41, 5.74) is 1.23. The lowest BCUT2D eigenvalue weighted by Gasteiger charge is -2.09. The number of aromatic nitrogens is 3. The van der Waals surface area contributed by atoms with E-state index in [2.05, 4.69) is 15.4 Å². The molecular formula is C11H13N3O2. The molecule has 0 aliphatic carbocycles. The first kappa shape index (κ1) is 10.6. The SMILES string of the molecule is CCOc1cccc(C(O)c2cn[nH]n2)c1. The third-order valence-electron chi connectivity index (χ3n) is 2.20. The van der Waals surface area contributed by atoms with Gasteiger partial charge in [0.25, 0.3) is 0 Å². The number of hydrogen-bond acceptors (Lipinski definition) is 4. The normalized spacial score (nSPS) is 12.4. The highest BCUT2D eigenvalue weighted by atomic mass is 16.5. The van der Waals surface area contributed by atoms with Gasteiger partial charge in [0.15, 0.2) is 0 Å². The summed E-state index contributed by atoms with van der Waals surface area (Å²) in [6.45, 7) is 2.52. The van der Waals surface area contributed by atoms with Gasteiger partial charge in [-0.05, 0) is 24.6 Å². The van der Waals surface area contributed by atoms with E-state index in [1.807, 2.05) is 25.1 Å². The lowest BCUT2D eigenvalue weighted by atomic mass is 10.1. The number of rotatable bonds is 4. The summed E-state index contributed by atoms with van der Waals surface area (Å²) < 4.78 is 5.36. The Hall–Kier alpha value is -1.88. The summed E-state index contributed by atoms with van der Waals surface area (Å²) in [5, 5.41) is 20.0. The number of hydrogen-bond donors (Lipinski definition) is 2. The second kappa shape index (κ2) is 4.76. The predicted molar refractivity (Wildman–Crippen MR) is 58.1 cm³/mol. The van der Waals surface area contributed by atoms with Gasteiger partial charge in [-0.3, -0.25) is 0 Å². The molecule has 5 nitrogen and oxygen atoms in total. The van der Waals surface area contributed by atoms with Gasteiger partial charge in [0.2, 0.25) is 0 Å². The van der Waals surface area contributed by atoms with Crippen LogP contribution in [0.1, 0.15) is 24.3 Å². The van der Waals surface area contributed by atoms with Crippen LogP contribution < -0.4 is 4.74 Å². The Morgan fingerprint density at radius 1 is 1.50 bits per heavy atom. The average molecular weight is 219 g/mol. The van der Waals surface area contributed by atoms with Crippen molar-refractivity contribution in [3.8, 4) is 5.75 Å². The summed E-state index contributed by atoms with van der Waals surface area (Å²) in [6.07, 6.45) is 0.719. The summed E-state index contributed by atoms with van der Waals surface area (Å²) in [6, 6.07) is 7.30. The second-order valence-corrected chi connectivity index (χ2v) is 3.30. The standard InChI is InChI=1S/C11H13N3O2/c1-2-16-9-5-3-4-8(6-9)11(15)10-7-12-14-13-10/h3-7,11,15H,2H2,1H3,(H,12,13,14). The molecule has 5 heteroatoms. The van der Waals surface area contributed by atoms with Crippen molar-refractivity contribution < 1.29 is 9.84 Å². The first-order valence-electron chi connectivity index (χ1n) is 5.07. The molecule has 1 aromatic carbocycles. The Balaban J connectivity index is 2.23. The number of aliphatic hydroxyl groups excluding tert-OH is 1. The molecule has 1 atom stereocenters. The molecule has 0 aliphatic heterocycles. The van der Waals surface area contributed by atoms with Gasteiger partial charge in [-0.25, -0.2) is 0 Å². The largest absolute Gasteiger partial charge is 0.494 e. The smallest absolute Gasteiger partial charge is 0.125 e.